The molecule has 0 atom stereocenters. The molecule has 0 aliphatic rings. The van der Waals surface area contributed by atoms with Crippen LogP contribution in [0.4, 0.5) is 62.6 Å². The van der Waals surface area contributed by atoms with E-state index in [4.69, 9.17) is 0 Å². The lowest BCUT2D eigenvalue weighted by Crippen LogP contribution is -2.15. The maximum absolute atomic E-state index is 4.56. The third-order valence-electron chi connectivity index (χ3n) is 13.0. The van der Waals surface area contributed by atoms with Crippen molar-refractivity contribution < 1.29 is 0 Å². The minimum Gasteiger partial charge on any atom is -0.311 e. The molecule has 0 saturated heterocycles. The van der Waals surface area contributed by atoms with Crippen LogP contribution in [0.1, 0.15) is 6.92 Å². The third-order valence-corrected chi connectivity index (χ3v) is 13.0. The summed E-state index contributed by atoms with van der Waals surface area (Å²) >= 11 is 0. The zero-order valence-electron chi connectivity index (χ0n) is 39.6. The molecule has 0 heterocycles. The molecule has 0 aromatic heterocycles. The maximum Gasteiger partial charge on any atom is 0.0468 e. The standard InChI is InChI=1S/C67H52N4/c1-3-4-7-18-50(2)68(65-32-29-51-19-12-15-22-54(51)47-65)59-35-37-60(38-36-59)69(61-39-43-63(44-40-61)70(57-25-8-5-9-26-57)66-33-30-52-20-13-16-23-55(52)48-66)62-41-45-64(46-42-62)71(58-27-10-6-11-28-58)67-34-31-53-21-14-17-24-56(53)49-67/h3-49H,2H2,1H3/b4-3-,18-7-. The van der Waals surface area contributed by atoms with Crippen LogP contribution in [-0.4, -0.2) is 0 Å². The Labute approximate surface area is 416 Å². The van der Waals surface area contributed by atoms with Crippen LogP contribution in [0.3, 0.4) is 0 Å². The number of para-hydroxylation sites is 2. The van der Waals surface area contributed by atoms with Crippen LogP contribution in [0.2, 0.25) is 0 Å². The van der Waals surface area contributed by atoms with Crippen molar-refractivity contribution >= 4 is 94.9 Å². The van der Waals surface area contributed by atoms with Gasteiger partial charge in [-0.1, -0.05) is 152 Å². The van der Waals surface area contributed by atoms with E-state index in [0.717, 1.165) is 68.3 Å². The predicted molar refractivity (Wildman–Crippen MR) is 305 cm³/mol. The average molecular weight is 913 g/mol. The fourth-order valence-corrected chi connectivity index (χ4v) is 9.53. The molecule has 0 aliphatic heterocycles. The third kappa shape index (κ3) is 9.31. The lowest BCUT2D eigenvalue weighted by Gasteiger charge is -2.30. The van der Waals surface area contributed by atoms with Crippen molar-refractivity contribution in [1.82, 2.24) is 0 Å². The van der Waals surface area contributed by atoms with Crippen molar-refractivity contribution in [3.63, 3.8) is 0 Å². The van der Waals surface area contributed by atoms with Gasteiger partial charge in [-0.05, 0) is 179 Å². The van der Waals surface area contributed by atoms with Gasteiger partial charge in [-0.15, -0.1) is 0 Å². The average Bonchev–Trinajstić information content (AvgIpc) is 3.43. The molecule has 4 nitrogen and oxygen atoms in total. The number of rotatable bonds is 14. The van der Waals surface area contributed by atoms with E-state index in [0.29, 0.717) is 0 Å². The quantitative estimate of drug-likeness (QED) is 0.101. The van der Waals surface area contributed by atoms with Crippen LogP contribution in [-0.2, 0) is 0 Å². The van der Waals surface area contributed by atoms with Crippen LogP contribution in [0.5, 0.6) is 0 Å². The molecule has 11 rings (SSSR count). The Hall–Kier alpha value is -9.38. The van der Waals surface area contributed by atoms with Crippen LogP contribution in [0.25, 0.3) is 32.3 Å². The van der Waals surface area contributed by atoms with E-state index in [1.54, 1.807) is 0 Å². The summed E-state index contributed by atoms with van der Waals surface area (Å²) in [4.78, 5) is 9.21. The Morgan fingerprint density at radius 2 is 0.563 bits per heavy atom. The fraction of sp³-hybridized carbons (Fsp3) is 0.0149. The van der Waals surface area contributed by atoms with Gasteiger partial charge in [-0.25, -0.2) is 0 Å². The smallest absolute Gasteiger partial charge is 0.0468 e. The Morgan fingerprint density at radius 3 is 0.944 bits per heavy atom. The lowest BCUT2D eigenvalue weighted by molar-refractivity contribution is 1.21. The second-order valence-electron chi connectivity index (χ2n) is 17.5. The number of hydrogen-bond donors (Lipinski definition) is 0. The normalized spacial score (nSPS) is 11.4. The molecular formula is C67H52N4. The first-order valence-corrected chi connectivity index (χ1v) is 24.1. The Bertz CT molecular complexity index is 3510. The monoisotopic (exact) mass is 912 g/mol. The van der Waals surface area contributed by atoms with Gasteiger partial charge >= 0.3 is 0 Å². The molecule has 0 unspecified atom stereocenters. The molecule has 0 saturated carbocycles. The van der Waals surface area contributed by atoms with Crippen molar-refractivity contribution in [2.75, 3.05) is 19.6 Å². The van der Waals surface area contributed by atoms with Crippen LogP contribution < -0.4 is 19.6 Å². The molecule has 0 fully saturated rings. The van der Waals surface area contributed by atoms with Crippen molar-refractivity contribution in [3.8, 4) is 0 Å². The number of allylic oxidation sites excluding steroid dienone is 4. The maximum atomic E-state index is 4.56. The van der Waals surface area contributed by atoms with E-state index in [2.05, 4.69) is 293 Å². The van der Waals surface area contributed by atoms with Gasteiger partial charge in [0.2, 0.25) is 0 Å². The molecule has 0 radical (unpaired) electrons. The van der Waals surface area contributed by atoms with Crippen molar-refractivity contribution in [3.05, 3.63) is 297 Å². The van der Waals surface area contributed by atoms with Crippen molar-refractivity contribution in [2.24, 2.45) is 0 Å². The van der Waals surface area contributed by atoms with E-state index in [1.165, 1.54) is 32.3 Å². The highest BCUT2D eigenvalue weighted by Crippen LogP contribution is 2.43. The second-order valence-corrected chi connectivity index (χ2v) is 17.5. The predicted octanol–water partition coefficient (Wildman–Crippen LogP) is 19.3. The first-order valence-electron chi connectivity index (χ1n) is 24.1. The Kier molecular flexibility index (Phi) is 12.5. The highest BCUT2D eigenvalue weighted by atomic mass is 15.2. The molecule has 11 aromatic carbocycles. The van der Waals surface area contributed by atoms with Crippen molar-refractivity contribution in [1.29, 1.82) is 0 Å². The van der Waals surface area contributed by atoms with E-state index in [-0.39, 0.29) is 0 Å². The number of nitrogens with zero attached hydrogens (tertiary/aromatic N) is 4. The first kappa shape index (κ1) is 44.1. The zero-order chi connectivity index (χ0) is 47.9. The highest BCUT2D eigenvalue weighted by molar-refractivity contribution is 5.92. The van der Waals surface area contributed by atoms with Gasteiger partial charge in [0.25, 0.3) is 0 Å². The molecule has 11 aromatic rings. The summed E-state index contributed by atoms with van der Waals surface area (Å²) in [6.07, 6.45) is 8.16. The minimum atomic E-state index is 0.859. The SMILES string of the molecule is C=C(/C=C\C=C/C)N(c1ccc(N(c2ccc(N(c3ccccc3)c3ccc4ccccc4c3)cc2)c2ccc(N(c3ccccc3)c3ccc4ccccc4c3)cc2)cc1)c1ccc2ccccc2c1. The first-order chi connectivity index (χ1) is 35.1. The summed E-state index contributed by atoms with van der Waals surface area (Å²) in [5, 5.41) is 7.19. The number of hydrogen-bond acceptors (Lipinski definition) is 4. The van der Waals surface area contributed by atoms with Gasteiger partial charge in [-0.2, -0.15) is 0 Å². The van der Waals surface area contributed by atoms with Crippen LogP contribution in [0.15, 0.2) is 297 Å². The summed E-state index contributed by atoms with van der Waals surface area (Å²) in [6.45, 7) is 6.58. The van der Waals surface area contributed by atoms with Crippen LogP contribution in [0, 0.1) is 0 Å². The number of anilines is 11. The molecule has 0 aliphatic carbocycles. The topological polar surface area (TPSA) is 13.0 Å². The summed E-state index contributed by atoms with van der Waals surface area (Å²) in [6, 6.07) is 93.4. The molecule has 0 spiro atoms. The van der Waals surface area contributed by atoms with E-state index < -0.39 is 0 Å². The van der Waals surface area contributed by atoms with Gasteiger partial charge in [0.1, 0.15) is 0 Å². The lowest BCUT2D eigenvalue weighted by atomic mass is 10.1. The molecule has 71 heavy (non-hydrogen) atoms. The van der Waals surface area contributed by atoms with Gasteiger partial charge in [0.05, 0.1) is 0 Å². The molecular weight excluding hydrogens is 861 g/mol. The Balaban J connectivity index is 1.01. The van der Waals surface area contributed by atoms with Gasteiger partial charge in [0.15, 0.2) is 0 Å². The Morgan fingerprint density at radius 1 is 0.282 bits per heavy atom. The second kappa shape index (κ2) is 20.1. The highest BCUT2D eigenvalue weighted by Gasteiger charge is 2.20. The van der Waals surface area contributed by atoms with E-state index in [9.17, 15) is 0 Å². The molecule has 0 bridgehead atoms. The summed E-state index contributed by atoms with van der Waals surface area (Å²) < 4.78 is 0. The summed E-state index contributed by atoms with van der Waals surface area (Å²) in [5.41, 5.74) is 12.5. The molecule has 0 N–H and O–H groups in total. The minimum absolute atomic E-state index is 0.859. The van der Waals surface area contributed by atoms with E-state index >= 15 is 0 Å². The molecule has 0 amide bonds. The zero-order valence-corrected chi connectivity index (χ0v) is 39.6. The summed E-state index contributed by atoms with van der Waals surface area (Å²) in [5.74, 6) is 0. The number of fused-ring (bicyclic) bond motifs is 3. The van der Waals surface area contributed by atoms with Gasteiger partial charge in [-0.3, -0.25) is 0 Å². The largest absolute Gasteiger partial charge is 0.311 e. The fourth-order valence-electron chi connectivity index (χ4n) is 9.53. The molecule has 4 heteroatoms. The number of benzene rings is 11. The van der Waals surface area contributed by atoms with Crippen molar-refractivity contribution in [2.45, 2.75) is 6.92 Å². The van der Waals surface area contributed by atoms with E-state index in [1.807, 2.05) is 25.2 Å². The van der Waals surface area contributed by atoms with Gasteiger partial charge < -0.3 is 19.6 Å². The molecule has 340 valence electrons. The van der Waals surface area contributed by atoms with Gasteiger partial charge in [0, 0.05) is 68.3 Å². The van der Waals surface area contributed by atoms with Crippen LogP contribution >= 0.6 is 0 Å². The summed E-state index contributed by atoms with van der Waals surface area (Å²) in [7, 11) is 0.